The number of benzene rings is 1. The monoisotopic (exact) mass is 426 g/mol. The number of ketones is 1. The van der Waals surface area contributed by atoms with Crippen LogP contribution in [-0.4, -0.2) is 49.6 Å². The molecule has 5 heteroatoms. The Labute approximate surface area is 187 Å². The summed E-state index contributed by atoms with van der Waals surface area (Å²) < 4.78 is 11.1. The van der Waals surface area contributed by atoms with Crippen molar-refractivity contribution in [3.8, 4) is 5.75 Å². The molecule has 3 aliphatic heterocycles. The Kier molecular flexibility index (Phi) is 5.84. The van der Waals surface area contributed by atoms with Gasteiger partial charge in [0.2, 0.25) is 0 Å². The Bertz CT molecular complexity index is 877. The molecular formula is C26H38N2O3. The second-order valence-electron chi connectivity index (χ2n) is 10.1. The number of carbonyl (C=O) groups is 1. The summed E-state index contributed by atoms with van der Waals surface area (Å²) >= 11 is 0. The van der Waals surface area contributed by atoms with Gasteiger partial charge in [-0.15, -0.1) is 0 Å². The van der Waals surface area contributed by atoms with E-state index < -0.39 is 5.54 Å². The molecule has 0 aromatic heterocycles. The van der Waals surface area contributed by atoms with Crippen LogP contribution in [0.3, 0.4) is 0 Å². The van der Waals surface area contributed by atoms with E-state index in [1.807, 2.05) is 24.5 Å². The summed E-state index contributed by atoms with van der Waals surface area (Å²) in [6.07, 6.45) is 6.02. The van der Waals surface area contributed by atoms with Crippen LogP contribution in [0.1, 0.15) is 63.7 Å². The maximum absolute atomic E-state index is 13.9. The SMILES string of the molecule is CC[C@@H]1CN2CC[C@]3(Nc4cccc(OC)c4C3=O)[C@@H]2C[C@@H]1/C(=C\OC)C(C)(C)CC. The van der Waals surface area contributed by atoms with Gasteiger partial charge in [0.25, 0.3) is 0 Å². The van der Waals surface area contributed by atoms with Gasteiger partial charge in [0.1, 0.15) is 11.3 Å². The molecule has 2 saturated heterocycles. The molecule has 1 aromatic carbocycles. The molecule has 4 rings (SSSR count). The number of allylic oxidation sites excluding steroid dienone is 1. The number of nitrogens with one attached hydrogen (secondary N) is 1. The van der Waals surface area contributed by atoms with E-state index in [9.17, 15) is 4.79 Å². The third kappa shape index (κ3) is 3.36. The molecule has 0 radical (unpaired) electrons. The van der Waals surface area contributed by atoms with E-state index in [1.165, 1.54) is 5.57 Å². The zero-order chi connectivity index (χ0) is 22.4. The highest BCUT2D eigenvalue weighted by Crippen LogP contribution is 2.52. The zero-order valence-electron chi connectivity index (χ0n) is 20.0. The topological polar surface area (TPSA) is 50.8 Å². The van der Waals surface area contributed by atoms with Crippen molar-refractivity contribution in [3.05, 3.63) is 35.6 Å². The van der Waals surface area contributed by atoms with Gasteiger partial charge in [0, 0.05) is 24.8 Å². The minimum absolute atomic E-state index is 0.0708. The van der Waals surface area contributed by atoms with Gasteiger partial charge >= 0.3 is 0 Å². The summed E-state index contributed by atoms with van der Waals surface area (Å²) in [5.41, 5.74) is 2.56. The first-order valence-corrected chi connectivity index (χ1v) is 11.8. The Hall–Kier alpha value is -2.01. The lowest BCUT2D eigenvalue weighted by Gasteiger charge is -2.47. The summed E-state index contributed by atoms with van der Waals surface area (Å²) in [5.74, 6) is 1.87. The molecule has 1 aromatic rings. The van der Waals surface area contributed by atoms with Gasteiger partial charge < -0.3 is 14.8 Å². The molecule has 4 atom stereocenters. The molecule has 1 N–H and O–H groups in total. The number of nitrogens with zero attached hydrogens (tertiary/aromatic N) is 1. The molecule has 31 heavy (non-hydrogen) atoms. The van der Waals surface area contributed by atoms with Crippen molar-refractivity contribution in [2.75, 3.05) is 32.6 Å². The number of rotatable bonds is 6. The van der Waals surface area contributed by atoms with E-state index in [0.29, 0.717) is 17.6 Å². The highest BCUT2D eigenvalue weighted by molar-refractivity contribution is 6.16. The number of carbonyl (C=O) groups excluding carboxylic acids is 1. The summed E-state index contributed by atoms with van der Waals surface area (Å²) in [6, 6.07) is 6.05. The van der Waals surface area contributed by atoms with Gasteiger partial charge in [-0.1, -0.05) is 40.2 Å². The number of hydrogen-bond donors (Lipinski definition) is 1. The normalized spacial score (nSPS) is 30.8. The van der Waals surface area contributed by atoms with E-state index in [-0.39, 0.29) is 17.2 Å². The van der Waals surface area contributed by atoms with Crippen molar-refractivity contribution in [2.45, 2.75) is 65.0 Å². The molecule has 170 valence electrons. The third-order valence-corrected chi connectivity index (χ3v) is 8.39. The van der Waals surface area contributed by atoms with E-state index in [2.05, 4.69) is 37.9 Å². The van der Waals surface area contributed by atoms with E-state index in [1.54, 1.807) is 14.2 Å². The molecule has 0 unspecified atom stereocenters. The number of ether oxygens (including phenoxy) is 2. The van der Waals surface area contributed by atoms with Crippen molar-refractivity contribution in [3.63, 3.8) is 0 Å². The standard InChI is InChI=1S/C26H38N2O3/c1-7-17-15-28-13-12-26(24(29)23-20(27-26)10-9-11-21(23)31-6)22(28)14-18(17)19(16-30-5)25(3,4)8-2/h9-11,16-18,22,27H,7-8,12-15H2,1-6H3/b19-16+/t17-,18+,22+,26+/m1/s1. The van der Waals surface area contributed by atoms with Crippen LogP contribution in [0.2, 0.25) is 0 Å². The minimum atomic E-state index is -0.553. The fourth-order valence-electron chi connectivity index (χ4n) is 6.23. The molecule has 3 heterocycles. The third-order valence-electron chi connectivity index (χ3n) is 8.39. The van der Waals surface area contributed by atoms with E-state index in [0.717, 1.165) is 50.0 Å². The van der Waals surface area contributed by atoms with Gasteiger partial charge in [-0.2, -0.15) is 0 Å². The Balaban J connectivity index is 1.72. The fraction of sp³-hybridized carbons (Fsp3) is 0.654. The van der Waals surface area contributed by atoms with E-state index >= 15 is 0 Å². The van der Waals surface area contributed by atoms with Crippen molar-refractivity contribution < 1.29 is 14.3 Å². The maximum atomic E-state index is 13.9. The molecular weight excluding hydrogens is 388 g/mol. The average molecular weight is 427 g/mol. The molecule has 1 spiro atoms. The van der Waals surface area contributed by atoms with Gasteiger partial charge in [-0.3, -0.25) is 9.69 Å². The zero-order valence-corrected chi connectivity index (χ0v) is 20.0. The molecule has 0 bridgehead atoms. The fourth-order valence-corrected chi connectivity index (χ4v) is 6.23. The summed E-state index contributed by atoms with van der Waals surface area (Å²) in [7, 11) is 3.40. The minimum Gasteiger partial charge on any atom is -0.504 e. The summed E-state index contributed by atoms with van der Waals surface area (Å²) in [5, 5.41) is 3.69. The Morgan fingerprint density at radius 2 is 2.10 bits per heavy atom. The molecule has 0 amide bonds. The van der Waals surface area contributed by atoms with Crippen molar-refractivity contribution in [1.82, 2.24) is 4.90 Å². The largest absolute Gasteiger partial charge is 0.504 e. The van der Waals surface area contributed by atoms with Gasteiger partial charge in [0.15, 0.2) is 5.78 Å². The number of fused-ring (bicyclic) bond motifs is 3. The highest BCUT2D eigenvalue weighted by atomic mass is 16.5. The number of piperidine rings is 1. The summed E-state index contributed by atoms with van der Waals surface area (Å²) in [4.78, 5) is 16.4. The van der Waals surface area contributed by atoms with Crippen LogP contribution in [0.15, 0.2) is 30.0 Å². The lowest BCUT2D eigenvalue weighted by molar-refractivity contribution is 0.0637. The average Bonchev–Trinajstić information content (AvgIpc) is 3.28. The predicted octanol–water partition coefficient (Wildman–Crippen LogP) is 5.13. The number of hydrogen-bond acceptors (Lipinski definition) is 5. The highest BCUT2D eigenvalue weighted by Gasteiger charge is 2.59. The van der Waals surface area contributed by atoms with Crippen molar-refractivity contribution >= 4 is 11.5 Å². The first-order valence-electron chi connectivity index (χ1n) is 11.8. The smallest absolute Gasteiger partial charge is 0.195 e. The molecule has 3 aliphatic rings. The van der Waals surface area contributed by atoms with Crippen LogP contribution in [0.25, 0.3) is 0 Å². The van der Waals surface area contributed by atoms with Crippen LogP contribution >= 0.6 is 0 Å². The van der Waals surface area contributed by atoms with Crippen LogP contribution in [-0.2, 0) is 4.74 Å². The lowest BCUT2D eigenvalue weighted by atomic mass is 9.65. The van der Waals surface area contributed by atoms with Gasteiger partial charge in [0.05, 0.1) is 26.0 Å². The van der Waals surface area contributed by atoms with Gasteiger partial charge in [-0.05, 0) is 54.2 Å². The lowest BCUT2D eigenvalue weighted by Crippen LogP contribution is -2.57. The molecule has 0 saturated carbocycles. The second-order valence-corrected chi connectivity index (χ2v) is 10.1. The van der Waals surface area contributed by atoms with E-state index in [4.69, 9.17) is 9.47 Å². The number of Topliss-reactive ketones (excluding diaryl/α,β-unsaturated/α-hetero) is 1. The first-order chi connectivity index (χ1) is 14.8. The quantitative estimate of drug-likeness (QED) is 0.639. The summed E-state index contributed by atoms with van der Waals surface area (Å²) in [6.45, 7) is 11.2. The van der Waals surface area contributed by atoms with Gasteiger partial charge in [-0.25, -0.2) is 0 Å². The Morgan fingerprint density at radius 1 is 1.32 bits per heavy atom. The van der Waals surface area contributed by atoms with Crippen molar-refractivity contribution in [1.29, 1.82) is 0 Å². The van der Waals surface area contributed by atoms with Crippen LogP contribution in [0.5, 0.6) is 5.75 Å². The number of anilines is 1. The van der Waals surface area contributed by atoms with Crippen LogP contribution in [0.4, 0.5) is 5.69 Å². The first kappa shape index (κ1) is 22.2. The maximum Gasteiger partial charge on any atom is 0.195 e. The second kappa shape index (κ2) is 8.16. The van der Waals surface area contributed by atoms with Crippen molar-refractivity contribution in [2.24, 2.45) is 17.3 Å². The Morgan fingerprint density at radius 3 is 2.74 bits per heavy atom. The molecule has 2 fully saturated rings. The van der Waals surface area contributed by atoms with Crippen LogP contribution in [0, 0.1) is 17.3 Å². The molecule has 0 aliphatic carbocycles. The van der Waals surface area contributed by atoms with Crippen LogP contribution < -0.4 is 10.1 Å². The predicted molar refractivity (Wildman–Crippen MR) is 125 cm³/mol. The number of methoxy groups -OCH3 is 2. The molecule has 5 nitrogen and oxygen atoms in total.